The lowest BCUT2D eigenvalue weighted by Gasteiger charge is -1.96. The number of carbonyl (C=O) groups is 2. The molecule has 0 aliphatic heterocycles. The van der Waals surface area contributed by atoms with Crippen LogP contribution in [0.3, 0.4) is 0 Å². The Morgan fingerprint density at radius 3 is 2.24 bits per heavy atom. The highest BCUT2D eigenvalue weighted by Gasteiger charge is 2.03. The topological polar surface area (TPSA) is 74.6 Å². The van der Waals surface area contributed by atoms with Crippen molar-refractivity contribution in [3.8, 4) is 0 Å². The van der Waals surface area contributed by atoms with E-state index in [4.69, 9.17) is 10.2 Å². The summed E-state index contributed by atoms with van der Waals surface area (Å²) in [5.74, 6) is -2.34. The Morgan fingerprint density at radius 1 is 1.06 bits per heavy atom. The van der Waals surface area contributed by atoms with E-state index in [1.54, 1.807) is 0 Å². The third kappa shape index (κ3) is 5.03. The highest BCUT2D eigenvalue weighted by molar-refractivity contribution is 8.02. The van der Waals surface area contributed by atoms with E-state index in [0.717, 1.165) is 17.0 Å². The summed E-state index contributed by atoms with van der Waals surface area (Å²) in [6, 6.07) is 9.20. The Kier molecular flexibility index (Phi) is 5.03. The van der Waals surface area contributed by atoms with Gasteiger partial charge in [-0.3, -0.25) is 0 Å². The second-order valence-corrected chi connectivity index (χ2v) is 3.92. The van der Waals surface area contributed by atoms with Crippen LogP contribution in [-0.4, -0.2) is 22.2 Å². The Labute approximate surface area is 102 Å². The fourth-order valence-electron chi connectivity index (χ4n) is 0.953. The zero-order valence-electron chi connectivity index (χ0n) is 8.74. The summed E-state index contributed by atoms with van der Waals surface area (Å²) in [4.78, 5) is 22.0. The van der Waals surface area contributed by atoms with Gasteiger partial charge in [0.05, 0.1) is 5.57 Å². The van der Waals surface area contributed by atoms with Crippen molar-refractivity contribution < 1.29 is 19.8 Å². The quantitative estimate of drug-likeness (QED) is 0.477. The molecule has 0 aliphatic carbocycles. The molecule has 0 saturated carbocycles. The summed E-state index contributed by atoms with van der Waals surface area (Å²) in [7, 11) is 0. The largest absolute Gasteiger partial charge is 0.478 e. The van der Waals surface area contributed by atoms with Gasteiger partial charge in [0.1, 0.15) is 0 Å². The summed E-state index contributed by atoms with van der Waals surface area (Å²) in [5, 5.41) is 18.7. The Balaban J connectivity index is 2.78. The van der Waals surface area contributed by atoms with Gasteiger partial charge in [-0.15, -0.1) is 0 Å². The molecule has 1 aromatic carbocycles. The molecule has 88 valence electrons. The van der Waals surface area contributed by atoms with Gasteiger partial charge >= 0.3 is 11.9 Å². The molecule has 17 heavy (non-hydrogen) atoms. The van der Waals surface area contributed by atoms with Gasteiger partial charge in [-0.1, -0.05) is 30.0 Å². The molecule has 0 aromatic heterocycles. The van der Waals surface area contributed by atoms with Crippen molar-refractivity contribution in [2.24, 2.45) is 0 Å². The van der Waals surface area contributed by atoms with Crippen molar-refractivity contribution in [2.75, 3.05) is 0 Å². The fourth-order valence-corrected chi connectivity index (χ4v) is 1.71. The number of thioether (sulfide) groups is 1. The first kappa shape index (κ1) is 13.1. The first-order chi connectivity index (χ1) is 8.09. The Morgan fingerprint density at radius 2 is 1.71 bits per heavy atom. The van der Waals surface area contributed by atoms with Crippen molar-refractivity contribution in [3.05, 3.63) is 53.5 Å². The Hall–Kier alpha value is -2.01. The van der Waals surface area contributed by atoms with Crippen LogP contribution < -0.4 is 0 Å². The fraction of sp³-hybridized carbons (Fsp3) is 0. The minimum atomic E-state index is -1.18. The number of hydrogen-bond acceptors (Lipinski definition) is 3. The smallest absolute Gasteiger partial charge is 0.336 e. The van der Waals surface area contributed by atoms with Gasteiger partial charge in [-0.2, -0.15) is 0 Å². The molecule has 1 rings (SSSR count). The van der Waals surface area contributed by atoms with Gasteiger partial charge < -0.3 is 10.2 Å². The molecule has 2 N–H and O–H groups in total. The lowest BCUT2D eigenvalue weighted by atomic mass is 10.3. The van der Waals surface area contributed by atoms with Gasteiger partial charge in [0.15, 0.2) is 0 Å². The zero-order valence-corrected chi connectivity index (χ0v) is 9.55. The molecule has 0 unspecified atom stereocenters. The van der Waals surface area contributed by atoms with Crippen LogP contribution in [0.25, 0.3) is 0 Å². The van der Waals surface area contributed by atoms with Crippen molar-refractivity contribution in [1.29, 1.82) is 0 Å². The average Bonchev–Trinajstić information content (AvgIpc) is 2.29. The van der Waals surface area contributed by atoms with Gasteiger partial charge in [0.2, 0.25) is 0 Å². The van der Waals surface area contributed by atoms with E-state index in [9.17, 15) is 9.59 Å². The third-order valence-electron chi connectivity index (χ3n) is 1.72. The minimum absolute atomic E-state index is 0.0683. The van der Waals surface area contributed by atoms with E-state index in [0.29, 0.717) is 0 Å². The van der Waals surface area contributed by atoms with E-state index in [2.05, 4.69) is 0 Å². The van der Waals surface area contributed by atoms with Crippen LogP contribution in [-0.2, 0) is 9.59 Å². The molecule has 0 atom stereocenters. The molecule has 0 spiro atoms. The Bertz CT molecular complexity index is 463. The van der Waals surface area contributed by atoms with Crippen LogP contribution in [0.5, 0.6) is 0 Å². The lowest BCUT2D eigenvalue weighted by molar-refractivity contribution is -0.132. The number of aliphatic carboxylic acids is 2. The monoisotopic (exact) mass is 250 g/mol. The standard InChI is InChI=1S/C12H10O4S/c13-11(14)7-6-9(12(15)16)8-17-10-4-2-1-3-5-10/h1-8H,(H,13,14)(H,15,16)/b7-6+,9-8+. The van der Waals surface area contributed by atoms with Crippen LogP contribution in [0.15, 0.2) is 58.4 Å². The third-order valence-corrected chi connectivity index (χ3v) is 2.63. The highest BCUT2D eigenvalue weighted by atomic mass is 32.2. The van der Waals surface area contributed by atoms with Gasteiger partial charge in [-0.25, -0.2) is 9.59 Å². The first-order valence-electron chi connectivity index (χ1n) is 4.66. The van der Waals surface area contributed by atoms with Crippen molar-refractivity contribution in [2.45, 2.75) is 4.90 Å². The molecule has 0 amide bonds. The van der Waals surface area contributed by atoms with Crippen LogP contribution >= 0.6 is 11.8 Å². The maximum atomic E-state index is 10.8. The summed E-state index contributed by atoms with van der Waals surface area (Å²) < 4.78 is 0. The van der Waals surface area contributed by atoms with Crippen molar-refractivity contribution >= 4 is 23.7 Å². The first-order valence-corrected chi connectivity index (χ1v) is 5.53. The molecule has 5 heteroatoms. The molecule has 0 saturated heterocycles. The number of rotatable bonds is 5. The van der Waals surface area contributed by atoms with Gasteiger partial charge in [-0.05, 0) is 23.6 Å². The second kappa shape index (κ2) is 6.55. The zero-order chi connectivity index (χ0) is 12.7. The summed E-state index contributed by atoms with van der Waals surface area (Å²) >= 11 is 1.22. The second-order valence-electron chi connectivity index (χ2n) is 2.98. The predicted molar refractivity (Wildman–Crippen MR) is 64.8 cm³/mol. The normalized spacial score (nSPS) is 11.6. The van der Waals surface area contributed by atoms with E-state index in [1.807, 2.05) is 30.3 Å². The molecule has 0 heterocycles. The van der Waals surface area contributed by atoms with Crippen molar-refractivity contribution in [1.82, 2.24) is 0 Å². The van der Waals surface area contributed by atoms with E-state index >= 15 is 0 Å². The maximum absolute atomic E-state index is 10.8. The molecular weight excluding hydrogens is 240 g/mol. The molecule has 4 nitrogen and oxygen atoms in total. The molecule has 0 aliphatic rings. The number of hydrogen-bond donors (Lipinski definition) is 2. The molecular formula is C12H10O4S. The number of carboxylic acids is 2. The van der Waals surface area contributed by atoms with E-state index in [1.165, 1.54) is 17.2 Å². The summed E-state index contributed by atoms with van der Waals surface area (Å²) in [6.07, 6.45) is 1.85. The SMILES string of the molecule is O=C(O)/C=C/C(=C\Sc1ccccc1)C(=O)O. The van der Waals surface area contributed by atoms with Crippen LogP contribution in [0, 0.1) is 0 Å². The van der Waals surface area contributed by atoms with Crippen LogP contribution in [0.1, 0.15) is 0 Å². The number of benzene rings is 1. The van der Waals surface area contributed by atoms with Crippen LogP contribution in [0.2, 0.25) is 0 Å². The molecule has 0 radical (unpaired) electrons. The van der Waals surface area contributed by atoms with Crippen LogP contribution in [0.4, 0.5) is 0 Å². The van der Waals surface area contributed by atoms with Crippen molar-refractivity contribution in [3.63, 3.8) is 0 Å². The van der Waals surface area contributed by atoms with Gasteiger partial charge in [0.25, 0.3) is 0 Å². The predicted octanol–water partition coefficient (Wildman–Crippen LogP) is 2.39. The van der Waals surface area contributed by atoms with Gasteiger partial charge in [0, 0.05) is 11.0 Å². The summed E-state index contributed by atoms with van der Waals surface area (Å²) in [5.41, 5.74) is -0.0683. The molecule has 0 bridgehead atoms. The molecule has 1 aromatic rings. The average molecular weight is 250 g/mol. The molecule has 0 fully saturated rings. The number of carboxylic acid groups (broad SMARTS) is 2. The van der Waals surface area contributed by atoms with E-state index < -0.39 is 11.9 Å². The van der Waals surface area contributed by atoms with E-state index in [-0.39, 0.29) is 5.57 Å². The minimum Gasteiger partial charge on any atom is -0.478 e. The summed E-state index contributed by atoms with van der Waals surface area (Å²) in [6.45, 7) is 0. The highest BCUT2D eigenvalue weighted by Crippen LogP contribution is 2.20. The lowest BCUT2D eigenvalue weighted by Crippen LogP contribution is -1.98. The maximum Gasteiger partial charge on any atom is 0.336 e.